The summed E-state index contributed by atoms with van der Waals surface area (Å²) in [6, 6.07) is 13.7. The standard InChI is InChI=1S/C24H28N3O8P/c1-26(2)20-8-4-6-17-16(5-3-7-18(17)20)14-35-22-10-9-15(13-21(22)27(31)32)24(30)36(33,34)12-11-19(25)23(28)29/h3-10,13,19,24,30H,11-12,14,25H2,1-2H3,(H,28,29)(H,33,34)/t19-,24?/m0/s1. The number of nitro groups is 1. The first kappa shape index (κ1) is 27.1. The number of benzene rings is 3. The maximum Gasteiger partial charge on any atom is 0.320 e. The molecule has 5 N–H and O–H groups in total. The van der Waals surface area contributed by atoms with Crippen LogP contribution in [0.4, 0.5) is 11.4 Å². The van der Waals surface area contributed by atoms with Crippen LogP contribution in [-0.4, -0.2) is 52.3 Å². The first-order valence-corrected chi connectivity index (χ1v) is 12.9. The molecule has 0 aliphatic rings. The van der Waals surface area contributed by atoms with Gasteiger partial charge in [0.05, 0.1) is 4.92 Å². The Morgan fingerprint density at radius 1 is 1.17 bits per heavy atom. The number of carbonyl (C=O) groups is 1. The van der Waals surface area contributed by atoms with Crippen LogP contribution in [0.3, 0.4) is 0 Å². The monoisotopic (exact) mass is 517 g/mol. The Balaban J connectivity index is 1.84. The zero-order valence-corrected chi connectivity index (χ0v) is 20.7. The van der Waals surface area contributed by atoms with E-state index in [4.69, 9.17) is 15.6 Å². The molecular weight excluding hydrogens is 489 g/mol. The number of fused-ring (bicyclic) bond motifs is 1. The highest BCUT2D eigenvalue weighted by Gasteiger charge is 2.33. The molecule has 3 aromatic carbocycles. The number of nitrogens with zero attached hydrogens (tertiary/aromatic N) is 2. The largest absolute Gasteiger partial charge is 0.482 e. The van der Waals surface area contributed by atoms with Crippen molar-refractivity contribution >= 4 is 35.5 Å². The molecule has 0 heterocycles. The summed E-state index contributed by atoms with van der Waals surface area (Å²) >= 11 is 0. The Labute approximate surface area is 207 Å². The molecule has 0 aliphatic heterocycles. The van der Waals surface area contributed by atoms with Gasteiger partial charge in [0.1, 0.15) is 12.6 Å². The van der Waals surface area contributed by atoms with E-state index in [0.29, 0.717) is 0 Å². The van der Waals surface area contributed by atoms with Gasteiger partial charge in [0, 0.05) is 37.4 Å². The Morgan fingerprint density at radius 2 is 1.83 bits per heavy atom. The van der Waals surface area contributed by atoms with Crippen LogP contribution in [0, 0.1) is 10.1 Å². The molecule has 2 unspecified atom stereocenters. The van der Waals surface area contributed by atoms with Crippen LogP contribution in [0.25, 0.3) is 10.8 Å². The molecule has 36 heavy (non-hydrogen) atoms. The third-order valence-electron chi connectivity index (χ3n) is 5.79. The van der Waals surface area contributed by atoms with Gasteiger partial charge in [-0.1, -0.05) is 36.4 Å². The molecule has 0 bridgehead atoms. The molecule has 0 spiro atoms. The molecule has 0 aliphatic carbocycles. The van der Waals surface area contributed by atoms with Crippen molar-refractivity contribution in [2.75, 3.05) is 25.2 Å². The summed E-state index contributed by atoms with van der Waals surface area (Å²) in [4.78, 5) is 34.1. The highest BCUT2D eigenvalue weighted by atomic mass is 31.2. The molecule has 3 atom stereocenters. The maximum absolute atomic E-state index is 12.6. The van der Waals surface area contributed by atoms with Gasteiger partial charge < -0.3 is 30.5 Å². The summed E-state index contributed by atoms with van der Waals surface area (Å²) in [6.07, 6.45) is -0.909. The van der Waals surface area contributed by atoms with Gasteiger partial charge in [-0.2, -0.15) is 0 Å². The fourth-order valence-corrected chi connectivity index (χ4v) is 5.31. The van der Waals surface area contributed by atoms with E-state index < -0.39 is 42.0 Å². The minimum Gasteiger partial charge on any atom is -0.482 e. The number of carboxylic acids is 1. The van der Waals surface area contributed by atoms with Crippen LogP contribution in [0.15, 0.2) is 54.6 Å². The van der Waals surface area contributed by atoms with Crippen molar-refractivity contribution in [3.63, 3.8) is 0 Å². The van der Waals surface area contributed by atoms with E-state index in [-0.39, 0.29) is 24.3 Å². The van der Waals surface area contributed by atoms with Crippen molar-refractivity contribution in [3.8, 4) is 5.75 Å². The molecule has 11 nitrogen and oxygen atoms in total. The predicted octanol–water partition coefficient (Wildman–Crippen LogP) is 3.46. The number of hydrogen-bond acceptors (Lipinski definition) is 8. The van der Waals surface area contributed by atoms with E-state index in [1.54, 1.807) is 0 Å². The van der Waals surface area contributed by atoms with E-state index in [0.717, 1.165) is 28.1 Å². The third kappa shape index (κ3) is 6.00. The molecular formula is C24H28N3O8P. The van der Waals surface area contributed by atoms with Crippen LogP contribution in [0.2, 0.25) is 0 Å². The Morgan fingerprint density at radius 3 is 2.47 bits per heavy atom. The number of aliphatic hydroxyl groups is 1. The van der Waals surface area contributed by atoms with Crippen LogP contribution in [-0.2, 0) is 16.0 Å². The lowest BCUT2D eigenvalue weighted by atomic mass is 10.0. The fraction of sp³-hybridized carbons (Fsp3) is 0.292. The smallest absolute Gasteiger partial charge is 0.320 e. The molecule has 3 aromatic rings. The molecule has 0 fully saturated rings. The number of anilines is 1. The second-order valence-corrected chi connectivity index (χ2v) is 11.0. The lowest BCUT2D eigenvalue weighted by molar-refractivity contribution is -0.386. The molecule has 0 amide bonds. The lowest BCUT2D eigenvalue weighted by Crippen LogP contribution is -2.31. The predicted molar refractivity (Wildman–Crippen MR) is 136 cm³/mol. The van der Waals surface area contributed by atoms with Crippen molar-refractivity contribution in [2.45, 2.75) is 24.9 Å². The second-order valence-electron chi connectivity index (χ2n) is 8.54. The quantitative estimate of drug-likeness (QED) is 0.167. The van der Waals surface area contributed by atoms with Gasteiger partial charge in [-0.05, 0) is 35.1 Å². The normalized spacial score (nSPS) is 14.6. The molecule has 0 radical (unpaired) electrons. The Hall–Kier alpha value is -3.50. The number of aliphatic hydroxyl groups excluding tert-OH is 1. The second kappa shape index (κ2) is 11.0. The summed E-state index contributed by atoms with van der Waals surface area (Å²) in [5.74, 6) is -3.36. The summed E-state index contributed by atoms with van der Waals surface area (Å²) in [5.41, 5.74) is 6.54. The highest BCUT2D eigenvalue weighted by Crippen LogP contribution is 2.55. The van der Waals surface area contributed by atoms with E-state index in [1.807, 2.05) is 55.4 Å². The van der Waals surface area contributed by atoms with Crippen LogP contribution in [0.1, 0.15) is 23.4 Å². The van der Waals surface area contributed by atoms with E-state index in [2.05, 4.69) is 0 Å². The summed E-state index contributed by atoms with van der Waals surface area (Å²) in [7, 11) is -0.456. The molecule has 3 rings (SSSR count). The van der Waals surface area contributed by atoms with Gasteiger partial charge in [0.2, 0.25) is 7.37 Å². The molecule has 12 heteroatoms. The summed E-state index contributed by atoms with van der Waals surface area (Å²) < 4.78 is 18.3. The average Bonchev–Trinajstić information content (AvgIpc) is 2.84. The number of aliphatic carboxylic acids is 1. The van der Waals surface area contributed by atoms with E-state index in [9.17, 15) is 29.5 Å². The first-order chi connectivity index (χ1) is 16.9. The van der Waals surface area contributed by atoms with Gasteiger partial charge in [-0.3, -0.25) is 19.5 Å². The van der Waals surface area contributed by atoms with Gasteiger partial charge in [-0.25, -0.2) is 0 Å². The number of ether oxygens (including phenoxy) is 1. The fourth-order valence-electron chi connectivity index (χ4n) is 3.79. The number of carboxylic acid groups (broad SMARTS) is 1. The first-order valence-electron chi connectivity index (χ1n) is 11.0. The maximum atomic E-state index is 12.6. The van der Waals surface area contributed by atoms with E-state index >= 15 is 0 Å². The zero-order valence-electron chi connectivity index (χ0n) is 19.8. The van der Waals surface area contributed by atoms with Gasteiger partial charge >= 0.3 is 11.7 Å². The Kier molecular flexibility index (Phi) is 8.31. The van der Waals surface area contributed by atoms with Crippen molar-refractivity contribution < 1.29 is 34.1 Å². The van der Waals surface area contributed by atoms with Crippen LogP contribution >= 0.6 is 7.37 Å². The van der Waals surface area contributed by atoms with Crippen molar-refractivity contribution in [3.05, 3.63) is 75.8 Å². The van der Waals surface area contributed by atoms with Crippen molar-refractivity contribution in [1.82, 2.24) is 0 Å². The molecule has 0 saturated heterocycles. The topological polar surface area (TPSA) is 176 Å². The van der Waals surface area contributed by atoms with Crippen LogP contribution < -0.4 is 15.4 Å². The SMILES string of the molecule is CN(C)c1cccc2c(COc3ccc(C(O)P(=O)(O)CC[C@H](N)C(=O)O)cc3[N+](=O)[O-])cccc12. The van der Waals surface area contributed by atoms with Gasteiger partial charge in [0.15, 0.2) is 11.6 Å². The number of hydrogen-bond donors (Lipinski definition) is 4. The number of nitrogens with two attached hydrogens (primary N) is 1. The van der Waals surface area contributed by atoms with Crippen molar-refractivity contribution in [1.29, 1.82) is 0 Å². The van der Waals surface area contributed by atoms with Crippen LogP contribution in [0.5, 0.6) is 5.75 Å². The minimum atomic E-state index is -4.32. The third-order valence-corrected chi connectivity index (χ3v) is 7.75. The lowest BCUT2D eigenvalue weighted by Gasteiger charge is -2.20. The molecule has 192 valence electrons. The number of nitro benzene ring substituents is 1. The average molecular weight is 517 g/mol. The van der Waals surface area contributed by atoms with E-state index in [1.165, 1.54) is 12.1 Å². The summed E-state index contributed by atoms with van der Waals surface area (Å²) in [5, 5.41) is 32.9. The Bertz CT molecular complexity index is 1330. The van der Waals surface area contributed by atoms with Gasteiger partial charge in [-0.15, -0.1) is 0 Å². The zero-order chi connectivity index (χ0) is 26.6. The molecule has 0 saturated carbocycles. The molecule has 0 aromatic heterocycles. The number of rotatable bonds is 11. The summed E-state index contributed by atoms with van der Waals surface area (Å²) in [6.45, 7) is 0.0303. The van der Waals surface area contributed by atoms with Crippen molar-refractivity contribution in [2.24, 2.45) is 5.73 Å². The minimum absolute atomic E-state index is 0.0303. The highest BCUT2D eigenvalue weighted by molar-refractivity contribution is 7.58. The van der Waals surface area contributed by atoms with Gasteiger partial charge in [0.25, 0.3) is 0 Å².